The van der Waals surface area contributed by atoms with E-state index in [4.69, 9.17) is 16.2 Å². The van der Waals surface area contributed by atoms with Gasteiger partial charge in [-0.1, -0.05) is 0 Å². The molecule has 0 radical (unpaired) electrons. The van der Waals surface area contributed by atoms with Gasteiger partial charge >= 0.3 is 0 Å². The minimum atomic E-state index is -0.509. The van der Waals surface area contributed by atoms with Crippen molar-refractivity contribution in [1.82, 2.24) is 0 Å². The number of benzene rings is 2. The van der Waals surface area contributed by atoms with Gasteiger partial charge in [0.25, 0.3) is 0 Å². The van der Waals surface area contributed by atoms with Crippen LogP contribution in [0.5, 0.6) is 5.75 Å². The molecule has 0 atom stereocenters. The Morgan fingerprint density at radius 2 is 1.75 bits per heavy atom. The quantitative estimate of drug-likeness (QED) is 0.666. The number of nitrogen functional groups attached to an aromatic ring is 2. The van der Waals surface area contributed by atoms with E-state index < -0.39 is 5.82 Å². The van der Waals surface area contributed by atoms with Crippen molar-refractivity contribution in [2.75, 3.05) is 18.6 Å². The lowest BCUT2D eigenvalue weighted by atomic mass is 10.0. The van der Waals surface area contributed by atoms with E-state index in [9.17, 15) is 9.18 Å². The molecule has 20 heavy (non-hydrogen) atoms. The summed E-state index contributed by atoms with van der Waals surface area (Å²) in [6, 6.07) is 7.09. The van der Waals surface area contributed by atoms with Crippen LogP contribution < -0.4 is 16.2 Å². The number of halogens is 2. The number of hydrogen-bond acceptors (Lipinski definition) is 4. The number of nitrogens with two attached hydrogens (primary N) is 2. The van der Waals surface area contributed by atoms with Crippen LogP contribution in [0.1, 0.15) is 15.9 Å². The zero-order valence-electron chi connectivity index (χ0n) is 10.6. The number of ether oxygens (including phenoxy) is 1. The molecular weight excluding hydrogens is 327 g/mol. The average molecular weight is 339 g/mol. The number of hydrogen-bond donors (Lipinski definition) is 2. The number of carbonyl (C=O) groups excluding carboxylic acids is 1. The second-order valence-electron chi connectivity index (χ2n) is 4.18. The topological polar surface area (TPSA) is 78.3 Å². The molecule has 4 N–H and O–H groups in total. The summed E-state index contributed by atoms with van der Waals surface area (Å²) in [4.78, 5) is 12.5. The average Bonchev–Trinajstić information content (AvgIpc) is 2.39. The molecule has 0 heterocycles. The van der Waals surface area contributed by atoms with Crippen LogP contribution in [-0.2, 0) is 0 Å². The fourth-order valence-corrected chi connectivity index (χ4v) is 2.18. The molecule has 0 aliphatic carbocycles. The zero-order valence-corrected chi connectivity index (χ0v) is 12.2. The lowest BCUT2D eigenvalue weighted by Crippen LogP contribution is -2.06. The highest BCUT2D eigenvalue weighted by Gasteiger charge is 2.18. The van der Waals surface area contributed by atoms with Crippen LogP contribution in [0.3, 0.4) is 0 Å². The second kappa shape index (κ2) is 5.50. The van der Waals surface area contributed by atoms with Gasteiger partial charge in [0, 0.05) is 23.0 Å². The molecule has 0 bridgehead atoms. The first kappa shape index (κ1) is 14.3. The summed E-state index contributed by atoms with van der Waals surface area (Å²) in [5.74, 6) is -0.705. The van der Waals surface area contributed by atoms with Gasteiger partial charge in [-0.25, -0.2) is 4.39 Å². The molecule has 2 aromatic rings. The Morgan fingerprint density at radius 1 is 1.15 bits per heavy atom. The summed E-state index contributed by atoms with van der Waals surface area (Å²) in [5, 5.41) is 0. The molecule has 4 nitrogen and oxygen atoms in total. The first-order chi connectivity index (χ1) is 9.42. The lowest BCUT2D eigenvalue weighted by molar-refractivity contribution is 0.103. The van der Waals surface area contributed by atoms with Crippen LogP contribution in [0.2, 0.25) is 0 Å². The number of carbonyl (C=O) groups is 1. The fraction of sp³-hybridized carbons (Fsp3) is 0.0714. The maximum absolute atomic E-state index is 13.5. The predicted molar refractivity (Wildman–Crippen MR) is 79.4 cm³/mol. The lowest BCUT2D eigenvalue weighted by Gasteiger charge is -2.10. The summed E-state index contributed by atoms with van der Waals surface area (Å²) in [5.41, 5.74) is 12.6. The Labute approximate surface area is 123 Å². The molecule has 0 fully saturated rings. The Hall–Kier alpha value is -2.08. The summed E-state index contributed by atoms with van der Waals surface area (Å²) >= 11 is 3.05. The summed E-state index contributed by atoms with van der Waals surface area (Å²) < 4.78 is 18.7. The fourth-order valence-electron chi connectivity index (χ4n) is 1.84. The van der Waals surface area contributed by atoms with Gasteiger partial charge in [0.2, 0.25) is 0 Å². The molecule has 2 aromatic carbocycles. The molecule has 0 spiro atoms. The normalized spacial score (nSPS) is 10.3. The van der Waals surface area contributed by atoms with Gasteiger partial charge in [0.15, 0.2) is 5.78 Å². The van der Waals surface area contributed by atoms with Crippen LogP contribution >= 0.6 is 15.9 Å². The standard InChI is InChI=1S/C14H12BrFN2O2/c1-20-13-6-12(16)11(15)5-10(13)14(19)7-2-8(17)4-9(18)3-7/h2-6H,17-18H2,1H3. The maximum Gasteiger partial charge on any atom is 0.196 e. The van der Waals surface area contributed by atoms with Gasteiger partial charge in [-0.05, 0) is 40.2 Å². The van der Waals surface area contributed by atoms with Crippen molar-refractivity contribution in [2.24, 2.45) is 0 Å². The van der Waals surface area contributed by atoms with Gasteiger partial charge in [-0.2, -0.15) is 0 Å². The molecule has 0 unspecified atom stereocenters. The largest absolute Gasteiger partial charge is 0.496 e. The molecule has 0 aliphatic rings. The van der Waals surface area contributed by atoms with Crippen LogP contribution in [0.15, 0.2) is 34.8 Å². The van der Waals surface area contributed by atoms with Crippen molar-refractivity contribution in [3.8, 4) is 5.75 Å². The van der Waals surface area contributed by atoms with Gasteiger partial charge < -0.3 is 16.2 Å². The van der Waals surface area contributed by atoms with Gasteiger partial charge in [0.1, 0.15) is 11.6 Å². The number of methoxy groups -OCH3 is 1. The maximum atomic E-state index is 13.5. The van der Waals surface area contributed by atoms with Gasteiger partial charge in [-0.15, -0.1) is 0 Å². The van der Waals surface area contributed by atoms with Crippen LogP contribution in [0, 0.1) is 5.82 Å². The Kier molecular flexibility index (Phi) is 3.94. The number of anilines is 2. The van der Waals surface area contributed by atoms with E-state index in [0.29, 0.717) is 16.9 Å². The highest BCUT2D eigenvalue weighted by molar-refractivity contribution is 9.10. The smallest absolute Gasteiger partial charge is 0.196 e. The highest BCUT2D eigenvalue weighted by atomic mass is 79.9. The molecule has 0 aliphatic heterocycles. The molecule has 104 valence electrons. The molecule has 0 saturated carbocycles. The minimum Gasteiger partial charge on any atom is -0.496 e. The van der Waals surface area contributed by atoms with Crippen molar-refractivity contribution < 1.29 is 13.9 Å². The summed E-state index contributed by atoms with van der Waals surface area (Å²) in [7, 11) is 1.37. The zero-order chi connectivity index (χ0) is 14.9. The summed E-state index contributed by atoms with van der Waals surface area (Å²) in [6.07, 6.45) is 0. The van der Waals surface area contributed by atoms with Gasteiger partial charge in [-0.3, -0.25) is 4.79 Å². The third-order valence-electron chi connectivity index (χ3n) is 2.73. The van der Waals surface area contributed by atoms with Gasteiger partial charge in [0.05, 0.1) is 17.1 Å². The Balaban J connectivity index is 2.55. The molecule has 6 heteroatoms. The molecular formula is C14H12BrFN2O2. The third kappa shape index (κ3) is 2.75. The van der Waals surface area contributed by atoms with E-state index in [1.165, 1.54) is 25.3 Å². The van der Waals surface area contributed by atoms with Crippen molar-refractivity contribution in [2.45, 2.75) is 0 Å². The predicted octanol–water partition coefficient (Wildman–Crippen LogP) is 2.99. The molecule has 0 amide bonds. The molecule has 0 aromatic heterocycles. The summed E-state index contributed by atoms with van der Waals surface area (Å²) in [6.45, 7) is 0. The van der Waals surface area contributed by atoms with Crippen molar-refractivity contribution in [3.05, 3.63) is 51.7 Å². The minimum absolute atomic E-state index is 0.150. The highest BCUT2D eigenvalue weighted by Crippen LogP contribution is 2.29. The van der Waals surface area contributed by atoms with E-state index in [-0.39, 0.29) is 21.6 Å². The van der Waals surface area contributed by atoms with E-state index in [0.717, 1.165) is 6.07 Å². The monoisotopic (exact) mass is 338 g/mol. The third-order valence-corrected chi connectivity index (χ3v) is 3.33. The van der Waals surface area contributed by atoms with E-state index in [1.807, 2.05) is 0 Å². The van der Waals surface area contributed by atoms with E-state index >= 15 is 0 Å². The van der Waals surface area contributed by atoms with E-state index in [2.05, 4.69) is 15.9 Å². The molecule has 2 rings (SSSR count). The van der Waals surface area contributed by atoms with Crippen molar-refractivity contribution in [3.63, 3.8) is 0 Å². The van der Waals surface area contributed by atoms with Crippen molar-refractivity contribution in [1.29, 1.82) is 0 Å². The van der Waals surface area contributed by atoms with Crippen LogP contribution in [0.4, 0.5) is 15.8 Å². The first-order valence-corrected chi connectivity index (χ1v) is 6.45. The number of rotatable bonds is 3. The second-order valence-corrected chi connectivity index (χ2v) is 5.04. The van der Waals surface area contributed by atoms with Crippen LogP contribution in [0.25, 0.3) is 0 Å². The first-order valence-electron chi connectivity index (χ1n) is 5.66. The SMILES string of the molecule is COc1cc(F)c(Br)cc1C(=O)c1cc(N)cc(N)c1. The van der Waals surface area contributed by atoms with Crippen molar-refractivity contribution >= 4 is 33.1 Å². The Bertz CT molecular complexity index is 669. The van der Waals surface area contributed by atoms with E-state index in [1.54, 1.807) is 6.07 Å². The Morgan fingerprint density at radius 3 is 2.30 bits per heavy atom. The number of ketones is 1. The molecule has 0 saturated heterocycles. The van der Waals surface area contributed by atoms with Crippen LogP contribution in [-0.4, -0.2) is 12.9 Å².